The Kier molecular flexibility index (Phi) is 7.67. The molecule has 1 aromatic heterocycles. The van der Waals surface area contributed by atoms with Crippen molar-refractivity contribution < 1.29 is 14.3 Å². The van der Waals surface area contributed by atoms with Crippen LogP contribution in [0.2, 0.25) is 0 Å². The highest BCUT2D eigenvalue weighted by molar-refractivity contribution is 5.98. The van der Waals surface area contributed by atoms with E-state index in [-0.39, 0.29) is 5.91 Å². The Labute approximate surface area is 166 Å². The topological polar surface area (TPSA) is 84.2 Å². The molecule has 0 spiro atoms. The average molecular weight is 393 g/mol. The Morgan fingerprint density at radius 3 is 2.89 bits per heavy atom. The fraction of sp³-hybridized carbons (Fsp3) is 0.737. The van der Waals surface area contributed by atoms with E-state index in [9.17, 15) is 4.79 Å². The van der Waals surface area contributed by atoms with Crippen LogP contribution < -0.4 is 10.2 Å². The van der Waals surface area contributed by atoms with Crippen molar-refractivity contribution in [2.24, 2.45) is 18.0 Å². The SMILES string of the molecule is CN=C(NCCCOCC1CCOCC1)N1CCN(c2cnn(C)c2)C(=O)C1. The van der Waals surface area contributed by atoms with Crippen molar-refractivity contribution in [3.8, 4) is 0 Å². The number of hydrogen-bond acceptors (Lipinski definition) is 5. The lowest BCUT2D eigenvalue weighted by Crippen LogP contribution is -2.55. The van der Waals surface area contributed by atoms with Crippen LogP contribution in [0.5, 0.6) is 0 Å². The minimum atomic E-state index is 0.0574. The van der Waals surface area contributed by atoms with Crippen LogP contribution in [0.4, 0.5) is 5.69 Å². The maximum atomic E-state index is 12.5. The molecule has 2 aliphatic heterocycles. The van der Waals surface area contributed by atoms with Crippen molar-refractivity contribution >= 4 is 17.6 Å². The van der Waals surface area contributed by atoms with Crippen molar-refractivity contribution in [3.63, 3.8) is 0 Å². The van der Waals surface area contributed by atoms with Gasteiger partial charge in [-0.15, -0.1) is 0 Å². The number of guanidine groups is 1. The zero-order valence-corrected chi connectivity index (χ0v) is 17.0. The number of hydrogen-bond donors (Lipinski definition) is 1. The van der Waals surface area contributed by atoms with E-state index in [1.807, 2.05) is 18.1 Å². The third kappa shape index (κ3) is 5.68. The van der Waals surface area contributed by atoms with Gasteiger partial charge in [-0.05, 0) is 25.2 Å². The van der Waals surface area contributed by atoms with Gasteiger partial charge in [0, 0.05) is 66.4 Å². The summed E-state index contributed by atoms with van der Waals surface area (Å²) in [7, 11) is 3.60. The number of nitrogens with one attached hydrogen (secondary N) is 1. The number of carbonyl (C=O) groups is 1. The number of aliphatic imine (C=N–C) groups is 1. The first-order valence-corrected chi connectivity index (χ1v) is 10.1. The number of aryl methyl sites for hydroxylation is 1. The molecule has 28 heavy (non-hydrogen) atoms. The minimum absolute atomic E-state index is 0.0574. The van der Waals surface area contributed by atoms with E-state index in [2.05, 4.69) is 15.4 Å². The van der Waals surface area contributed by atoms with Crippen molar-refractivity contribution in [2.45, 2.75) is 19.3 Å². The van der Waals surface area contributed by atoms with Crippen LogP contribution in [0.3, 0.4) is 0 Å². The number of nitrogens with zero attached hydrogens (tertiary/aromatic N) is 5. The molecule has 0 saturated carbocycles. The van der Waals surface area contributed by atoms with E-state index < -0.39 is 0 Å². The molecule has 9 heteroatoms. The lowest BCUT2D eigenvalue weighted by Gasteiger charge is -2.35. The first kappa shape index (κ1) is 20.6. The lowest BCUT2D eigenvalue weighted by molar-refractivity contribution is -0.120. The molecule has 156 valence electrons. The Bertz CT molecular complexity index is 656. The Morgan fingerprint density at radius 2 is 2.21 bits per heavy atom. The molecule has 2 aliphatic rings. The van der Waals surface area contributed by atoms with E-state index in [0.717, 1.165) is 70.4 Å². The fourth-order valence-corrected chi connectivity index (χ4v) is 3.54. The van der Waals surface area contributed by atoms with E-state index in [1.165, 1.54) is 0 Å². The molecule has 0 atom stereocenters. The second-order valence-electron chi connectivity index (χ2n) is 7.30. The molecular formula is C19H32N6O3. The molecule has 9 nitrogen and oxygen atoms in total. The van der Waals surface area contributed by atoms with Crippen LogP contribution in [0, 0.1) is 5.92 Å². The quantitative estimate of drug-likeness (QED) is 0.413. The third-order valence-electron chi connectivity index (χ3n) is 5.18. The second kappa shape index (κ2) is 10.4. The summed E-state index contributed by atoms with van der Waals surface area (Å²) in [6.07, 6.45) is 6.70. The molecular weight excluding hydrogens is 360 g/mol. The van der Waals surface area contributed by atoms with Gasteiger partial charge in [0.05, 0.1) is 11.9 Å². The van der Waals surface area contributed by atoms with E-state index >= 15 is 0 Å². The van der Waals surface area contributed by atoms with Gasteiger partial charge in [-0.3, -0.25) is 14.5 Å². The highest BCUT2D eigenvalue weighted by Crippen LogP contribution is 2.16. The molecule has 1 N–H and O–H groups in total. The fourth-order valence-electron chi connectivity index (χ4n) is 3.54. The molecule has 1 aromatic rings. The van der Waals surface area contributed by atoms with Gasteiger partial charge in [0.25, 0.3) is 0 Å². The predicted molar refractivity (Wildman–Crippen MR) is 107 cm³/mol. The van der Waals surface area contributed by atoms with Gasteiger partial charge in [0.1, 0.15) is 6.54 Å². The van der Waals surface area contributed by atoms with Gasteiger partial charge in [0.15, 0.2) is 5.96 Å². The van der Waals surface area contributed by atoms with Crippen LogP contribution in [-0.4, -0.2) is 86.2 Å². The number of carbonyl (C=O) groups excluding carboxylic acids is 1. The van der Waals surface area contributed by atoms with E-state index in [4.69, 9.17) is 9.47 Å². The van der Waals surface area contributed by atoms with Gasteiger partial charge in [0.2, 0.25) is 5.91 Å². The normalized spacial score (nSPS) is 19.4. The summed E-state index contributed by atoms with van der Waals surface area (Å²) in [4.78, 5) is 20.6. The van der Waals surface area contributed by atoms with Crippen LogP contribution >= 0.6 is 0 Å². The summed E-state index contributed by atoms with van der Waals surface area (Å²) in [5.74, 6) is 1.46. The summed E-state index contributed by atoms with van der Waals surface area (Å²) in [5, 5.41) is 7.49. The average Bonchev–Trinajstić information content (AvgIpc) is 3.14. The molecule has 3 heterocycles. The van der Waals surface area contributed by atoms with Crippen molar-refractivity contribution in [1.82, 2.24) is 20.0 Å². The number of piperazine rings is 1. The number of ether oxygens (including phenoxy) is 2. The maximum Gasteiger partial charge on any atom is 0.246 e. The van der Waals surface area contributed by atoms with Gasteiger partial charge in [-0.1, -0.05) is 0 Å². The summed E-state index contributed by atoms with van der Waals surface area (Å²) in [6.45, 7) is 5.72. The standard InChI is InChI=1S/C19H32N6O3/c1-20-19(21-6-3-9-28-15-16-4-10-27-11-5-16)24-7-8-25(18(26)14-24)17-12-22-23(2)13-17/h12-13,16H,3-11,14-15H2,1-2H3,(H,20,21). The van der Waals surface area contributed by atoms with Crippen LogP contribution in [0.1, 0.15) is 19.3 Å². The van der Waals surface area contributed by atoms with Crippen molar-refractivity contribution in [2.75, 3.05) is 64.6 Å². The zero-order chi connectivity index (χ0) is 19.8. The van der Waals surface area contributed by atoms with Crippen molar-refractivity contribution in [3.05, 3.63) is 12.4 Å². The summed E-state index contributed by atoms with van der Waals surface area (Å²) in [6, 6.07) is 0. The monoisotopic (exact) mass is 392 g/mol. The smallest absolute Gasteiger partial charge is 0.246 e. The van der Waals surface area contributed by atoms with Crippen LogP contribution in [-0.2, 0) is 21.3 Å². The molecule has 2 saturated heterocycles. The predicted octanol–water partition coefficient (Wildman–Crippen LogP) is 0.477. The van der Waals surface area contributed by atoms with Crippen LogP contribution in [0.15, 0.2) is 17.4 Å². The minimum Gasteiger partial charge on any atom is -0.381 e. The van der Waals surface area contributed by atoms with Gasteiger partial charge in [-0.25, -0.2) is 0 Å². The molecule has 0 unspecified atom stereocenters. The van der Waals surface area contributed by atoms with Crippen molar-refractivity contribution in [1.29, 1.82) is 0 Å². The Morgan fingerprint density at radius 1 is 1.39 bits per heavy atom. The Hall–Kier alpha value is -2.13. The first-order chi connectivity index (χ1) is 13.7. The molecule has 0 radical (unpaired) electrons. The molecule has 0 aromatic carbocycles. The zero-order valence-electron chi connectivity index (χ0n) is 17.0. The molecule has 0 aliphatic carbocycles. The largest absolute Gasteiger partial charge is 0.381 e. The van der Waals surface area contributed by atoms with E-state index in [1.54, 1.807) is 22.8 Å². The van der Waals surface area contributed by atoms with Gasteiger partial charge >= 0.3 is 0 Å². The van der Waals surface area contributed by atoms with E-state index in [0.29, 0.717) is 19.0 Å². The lowest BCUT2D eigenvalue weighted by atomic mass is 10.0. The third-order valence-corrected chi connectivity index (χ3v) is 5.18. The second-order valence-corrected chi connectivity index (χ2v) is 7.30. The molecule has 1 amide bonds. The maximum absolute atomic E-state index is 12.5. The number of amides is 1. The molecule has 3 rings (SSSR count). The first-order valence-electron chi connectivity index (χ1n) is 10.1. The van der Waals surface area contributed by atoms with Crippen LogP contribution in [0.25, 0.3) is 0 Å². The van der Waals surface area contributed by atoms with Gasteiger partial charge < -0.3 is 24.6 Å². The molecule has 0 bridgehead atoms. The number of aromatic nitrogens is 2. The Balaban J connectivity index is 1.34. The summed E-state index contributed by atoms with van der Waals surface area (Å²) < 4.78 is 12.9. The summed E-state index contributed by atoms with van der Waals surface area (Å²) in [5.41, 5.74) is 0.844. The number of rotatable bonds is 7. The summed E-state index contributed by atoms with van der Waals surface area (Å²) >= 11 is 0. The molecule has 2 fully saturated rings. The highest BCUT2D eigenvalue weighted by atomic mass is 16.5. The number of anilines is 1. The van der Waals surface area contributed by atoms with Gasteiger partial charge in [-0.2, -0.15) is 5.10 Å². The highest BCUT2D eigenvalue weighted by Gasteiger charge is 2.27.